The van der Waals surface area contributed by atoms with E-state index in [1.54, 1.807) is 0 Å². The predicted octanol–water partition coefficient (Wildman–Crippen LogP) is 1.18. The van der Waals surface area contributed by atoms with Gasteiger partial charge >= 0.3 is 0 Å². The first-order chi connectivity index (χ1) is 6.95. The van der Waals surface area contributed by atoms with Gasteiger partial charge in [0.05, 0.1) is 19.3 Å². The van der Waals surface area contributed by atoms with Gasteiger partial charge in [-0.1, -0.05) is 0 Å². The van der Waals surface area contributed by atoms with Crippen LogP contribution in [0.4, 0.5) is 0 Å². The molecule has 0 aromatic rings. The molecule has 0 unspecified atom stereocenters. The van der Waals surface area contributed by atoms with Gasteiger partial charge in [-0.15, -0.1) is 0 Å². The van der Waals surface area contributed by atoms with E-state index in [-0.39, 0.29) is 0 Å². The minimum absolute atomic E-state index is 0.424. The zero-order chi connectivity index (χ0) is 9.64. The average molecular weight is 199 g/mol. The van der Waals surface area contributed by atoms with Crippen molar-refractivity contribution in [2.75, 3.05) is 32.9 Å². The summed E-state index contributed by atoms with van der Waals surface area (Å²) in [6, 6.07) is 0. The van der Waals surface area contributed by atoms with Gasteiger partial charge in [0, 0.05) is 13.2 Å². The molecule has 0 radical (unpaired) electrons. The highest BCUT2D eigenvalue weighted by Gasteiger charge is 2.21. The molecular weight excluding hydrogens is 178 g/mol. The van der Waals surface area contributed by atoms with E-state index >= 15 is 0 Å². The minimum Gasteiger partial charge on any atom is -0.379 e. The standard InChI is InChI=1S/C11H21NO2/c1-2-11(8-12-5-1)14-7-6-13-9-10-3-4-10/h10-12H,1-9H2/t11-/m0/s1. The smallest absolute Gasteiger partial charge is 0.0704 e. The monoisotopic (exact) mass is 199 g/mol. The van der Waals surface area contributed by atoms with Crippen molar-refractivity contribution >= 4 is 0 Å². The fraction of sp³-hybridized carbons (Fsp3) is 1.00. The molecule has 1 saturated carbocycles. The third kappa shape index (κ3) is 3.95. The maximum atomic E-state index is 5.70. The first kappa shape index (κ1) is 10.4. The molecule has 82 valence electrons. The number of piperidine rings is 1. The SMILES string of the molecule is C1CNC[C@@H](OCCOCC2CC2)C1. The van der Waals surface area contributed by atoms with Crippen molar-refractivity contribution in [3.63, 3.8) is 0 Å². The molecule has 1 N–H and O–H groups in total. The van der Waals surface area contributed by atoms with Crippen LogP contribution in [0, 0.1) is 5.92 Å². The lowest BCUT2D eigenvalue weighted by Crippen LogP contribution is -2.35. The molecule has 2 aliphatic rings. The van der Waals surface area contributed by atoms with Crippen LogP contribution in [0.15, 0.2) is 0 Å². The van der Waals surface area contributed by atoms with Crippen molar-refractivity contribution in [3.8, 4) is 0 Å². The van der Waals surface area contributed by atoms with Crippen LogP contribution in [0.5, 0.6) is 0 Å². The van der Waals surface area contributed by atoms with Crippen molar-refractivity contribution in [1.29, 1.82) is 0 Å². The third-order valence-electron chi connectivity index (χ3n) is 2.88. The second-order valence-electron chi connectivity index (χ2n) is 4.36. The van der Waals surface area contributed by atoms with Gasteiger partial charge in [0.15, 0.2) is 0 Å². The van der Waals surface area contributed by atoms with Gasteiger partial charge in [0.25, 0.3) is 0 Å². The molecule has 14 heavy (non-hydrogen) atoms. The van der Waals surface area contributed by atoms with Gasteiger partial charge in [0.2, 0.25) is 0 Å². The molecule has 3 heteroatoms. The average Bonchev–Trinajstić information content (AvgIpc) is 3.03. The first-order valence-electron chi connectivity index (χ1n) is 5.85. The molecule has 0 spiro atoms. The van der Waals surface area contributed by atoms with Crippen molar-refractivity contribution in [2.45, 2.75) is 31.8 Å². The Morgan fingerprint density at radius 3 is 2.79 bits per heavy atom. The van der Waals surface area contributed by atoms with Gasteiger partial charge in [-0.3, -0.25) is 0 Å². The molecule has 1 aliphatic heterocycles. The van der Waals surface area contributed by atoms with Crippen LogP contribution in [0.25, 0.3) is 0 Å². The van der Waals surface area contributed by atoms with Crippen molar-refractivity contribution in [2.24, 2.45) is 5.92 Å². The topological polar surface area (TPSA) is 30.5 Å². The van der Waals surface area contributed by atoms with Crippen molar-refractivity contribution in [3.05, 3.63) is 0 Å². The molecule has 0 aromatic heterocycles. The van der Waals surface area contributed by atoms with E-state index in [0.29, 0.717) is 6.10 Å². The lowest BCUT2D eigenvalue weighted by atomic mass is 10.1. The third-order valence-corrected chi connectivity index (χ3v) is 2.88. The van der Waals surface area contributed by atoms with Crippen LogP contribution in [-0.4, -0.2) is 39.0 Å². The fourth-order valence-electron chi connectivity index (χ4n) is 1.77. The summed E-state index contributed by atoms with van der Waals surface area (Å²) in [5, 5.41) is 3.34. The summed E-state index contributed by atoms with van der Waals surface area (Å²) in [6.45, 7) is 4.65. The van der Waals surface area contributed by atoms with Gasteiger partial charge in [-0.05, 0) is 38.1 Å². The summed E-state index contributed by atoms with van der Waals surface area (Å²) in [7, 11) is 0. The number of ether oxygens (including phenoxy) is 2. The van der Waals surface area contributed by atoms with E-state index in [1.165, 1.54) is 25.7 Å². The van der Waals surface area contributed by atoms with Crippen LogP contribution < -0.4 is 5.32 Å². The Morgan fingerprint density at radius 2 is 2.07 bits per heavy atom. The molecular formula is C11H21NO2. The maximum Gasteiger partial charge on any atom is 0.0704 e. The zero-order valence-corrected chi connectivity index (χ0v) is 8.84. The summed E-state index contributed by atoms with van der Waals surface area (Å²) in [5.41, 5.74) is 0. The molecule has 1 atom stereocenters. The highest BCUT2D eigenvalue weighted by atomic mass is 16.5. The van der Waals surface area contributed by atoms with E-state index in [0.717, 1.165) is 38.8 Å². The molecule has 1 saturated heterocycles. The second-order valence-corrected chi connectivity index (χ2v) is 4.36. The normalized spacial score (nSPS) is 27.9. The lowest BCUT2D eigenvalue weighted by Gasteiger charge is -2.22. The molecule has 0 bridgehead atoms. The largest absolute Gasteiger partial charge is 0.379 e. The summed E-state index contributed by atoms with van der Waals surface area (Å²) < 4.78 is 11.2. The Bertz CT molecular complexity index is 153. The summed E-state index contributed by atoms with van der Waals surface area (Å²) >= 11 is 0. The maximum absolute atomic E-state index is 5.70. The number of nitrogens with one attached hydrogen (secondary N) is 1. The van der Waals surface area contributed by atoms with Crippen molar-refractivity contribution in [1.82, 2.24) is 5.32 Å². The summed E-state index contributed by atoms with van der Waals surface area (Å²) in [5.74, 6) is 0.867. The highest BCUT2D eigenvalue weighted by Crippen LogP contribution is 2.28. The van der Waals surface area contributed by atoms with E-state index in [2.05, 4.69) is 5.32 Å². The highest BCUT2D eigenvalue weighted by molar-refractivity contribution is 4.72. The van der Waals surface area contributed by atoms with E-state index in [4.69, 9.17) is 9.47 Å². The van der Waals surface area contributed by atoms with Crippen LogP contribution in [0.2, 0.25) is 0 Å². The van der Waals surface area contributed by atoms with Crippen LogP contribution in [0.3, 0.4) is 0 Å². The zero-order valence-electron chi connectivity index (χ0n) is 8.84. The van der Waals surface area contributed by atoms with Crippen LogP contribution >= 0.6 is 0 Å². The van der Waals surface area contributed by atoms with E-state index < -0.39 is 0 Å². The van der Waals surface area contributed by atoms with Crippen LogP contribution in [0.1, 0.15) is 25.7 Å². The summed E-state index contributed by atoms with van der Waals surface area (Å²) in [6.07, 6.45) is 5.61. The minimum atomic E-state index is 0.424. The van der Waals surface area contributed by atoms with E-state index in [1.807, 2.05) is 0 Å². The summed E-state index contributed by atoms with van der Waals surface area (Å²) in [4.78, 5) is 0. The quantitative estimate of drug-likeness (QED) is 0.652. The Labute approximate surface area is 86.2 Å². The number of hydrogen-bond acceptors (Lipinski definition) is 3. The molecule has 1 aliphatic carbocycles. The molecule has 1 heterocycles. The number of rotatable bonds is 6. The molecule has 2 fully saturated rings. The molecule has 0 aromatic carbocycles. The fourth-order valence-corrected chi connectivity index (χ4v) is 1.77. The van der Waals surface area contributed by atoms with Gasteiger partial charge in [0.1, 0.15) is 0 Å². The molecule has 0 amide bonds. The second kappa shape index (κ2) is 5.69. The predicted molar refractivity (Wildman–Crippen MR) is 55.4 cm³/mol. The molecule has 3 nitrogen and oxygen atoms in total. The first-order valence-corrected chi connectivity index (χ1v) is 5.85. The Morgan fingerprint density at radius 1 is 1.14 bits per heavy atom. The van der Waals surface area contributed by atoms with Gasteiger partial charge in [-0.2, -0.15) is 0 Å². The van der Waals surface area contributed by atoms with Crippen LogP contribution in [-0.2, 0) is 9.47 Å². The Hall–Kier alpha value is -0.120. The Balaban J connectivity index is 1.41. The van der Waals surface area contributed by atoms with E-state index in [9.17, 15) is 0 Å². The van der Waals surface area contributed by atoms with Gasteiger partial charge in [-0.25, -0.2) is 0 Å². The Kier molecular flexibility index (Phi) is 4.22. The number of hydrogen-bond donors (Lipinski definition) is 1. The van der Waals surface area contributed by atoms with Crippen molar-refractivity contribution < 1.29 is 9.47 Å². The van der Waals surface area contributed by atoms with Gasteiger partial charge < -0.3 is 14.8 Å². The molecule has 2 rings (SSSR count). The lowest BCUT2D eigenvalue weighted by molar-refractivity contribution is -0.00616.